The van der Waals surface area contributed by atoms with Crippen molar-refractivity contribution in [3.05, 3.63) is 22.8 Å². The van der Waals surface area contributed by atoms with Crippen LogP contribution >= 0.6 is 0 Å². The third-order valence-corrected chi connectivity index (χ3v) is 2.72. The Labute approximate surface area is 101 Å². The molecule has 5 heteroatoms. The molecule has 0 fully saturated rings. The van der Waals surface area contributed by atoms with Gasteiger partial charge in [0.1, 0.15) is 11.4 Å². The van der Waals surface area contributed by atoms with E-state index in [0.29, 0.717) is 17.2 Å². The van der Waals surface area contributed by atoms with Crippen LogP contribution in [0.2, 0.25) is 0 Å². The number of nitrogens with one attached hydrogen (secondary N) is 1. The number of aryl methyl sites for hydroxylation is 2. The van der Waals surface area contributed by atoms with E-state index >= 15 is 0 Å². The molecule has 0 saturated heterocycles. The Morgan fingerprint density at radius 2 is 1.53 bits per heavy atom. The lowest BCUT2D eigenvalue weighted by molar-refractivity contribution is 0.792. The summed E-state index contributed by atoms with van der Waals surface area (Å²) in [4.78, 5) is 13.0. The highest BCUT2D eigenvalue weighted by molar-refractivity contribution is 6.18. The monoisotopic (exact) mass is 231 g/mol. The molecule has 1 aliphatic heterocycles. The van der Waals surface area contributed by atoms with Gasteiger partial charge in [-0.3, -0.25) is 5.41 Å². The van der Waals surface area contributed by atoms with Crippen molar-refractivity contribution < 1.29 is 0 Å². The smallest absolute Gasteiger partial charge is 0.175 e. The Hall–Kier alpha value is -1.78. The summed E-state index contributed by atoms with van der Waals surface area (Å²) >= 11 is 0. The molecule has 0 unspecified atom stereocenters. The van der Waals surface area contributed by atoms with Gasteiger partial charge in [-0.05, 0) is 12.8 Å². The summed E-state index contributed by atoms with van der Waals surface area (Å²) in [6.45, 7) is 4.23. The molecule has 0 bridgehead atoms. The summed E-state index contributed by atoms with van der Waals surface area (Å²) in [7, 11) is 0. The molecule has 2 heterocycles. The molecule has 0 saturated carbocycles. The summed E-state index contributed by atoms with van der Waals surface area (Å²) in [5.41, 5.74) is 8.84. The lowest BCUT2D eigenvalue weighted by Gasteiger charge is -2.08. The highest BCUT2D eigenvalue weighted by Crippen LogP contribution is 2.17. The van der Waals surface area contributed by atoms with Crippen molar-refractivity contribution in [2.24, 2.45) is 10.7 Å². The van der Waals surface area contributed by atoms with Gasteiger partial charge in [0.15, 0.2) is 11.7 Å². The number of fused-ring (bicyclic) bond motifs is 1. The van der Waals surface area contributed by atoms with E-state index in [0.717, 1.165) is 37.1 Å². The first-order valence-corrected chi connectivity index (χ1v) is 6.00. The maximum Gasteiger partial charge on any atom is 0.175 e. The third kappa shape index (κ3) is 2.05. The van der Waals surface area contributed by atoms with Crippen LogP contribution in [-0.4, -0.2) is 21.6 Å². The van der Waals surface area contributed by atoms with Crippen LogP contribution in [0.5, 0.6) is 0 Å². The fourth-order valence-electron chi connectivity index (χ4n) is 1.95. The van der Waals surface area contributed by atoms with Crippen LogP contribution in [0, 0.1) is 5.41 Å². The molecule has 1 aliphatic rings. The highest BCUT2D eigenvalue weighted by Gasteiger charge is 2.23. The van der Waals surface area contributed by atoms with Crippen molar-refractivity contribution in [2.45, 2.75) is 39.5 Å². The second-order valence-electron chi connectivity index (χ2n) is 4.16. The molecule has 5 nitrogen and oxygen atoms in total. The van der Waals surface area contributed by atoms with E-state index in [-0.39, 0.29) is 5.84 Å². The van der Waals surface area contributed by atoms with Crippen molar-refractivity contribution in [1.29, 1.82) is 5.41 Å². The number of aromatic nitrogens is 2. The summed E-state index contributed by atoms with van der Waals surface area (Å²) in [5.74, 6) is 0.448. The predicted molar refractivity (Wildman–Crippen MR) is 67.6 cm³/mol. The maximum absolute atomic E-state index is 7.69. The first kappa shape index (κ1) is 11.7. The Morgan fingerprint density at radius 1 is 1.00 bits per heavy atom. The SMILES string of the molecule is CCCc1nc2c(nc1CCC)C(N)=NC2=N. The first-order valence-electron chi connectivity index (χ1n) is 6.00. The van der Waals surface area contributed by atoms with Gasteiger partial charge in [-0.2, -0.15) is 0 Å². The third-order valence-electron chi connectivity index (χ3n) is 2.72. The quantitative estimate of drug-likeness (QED) is 0.821. The maximum atomic E-state index is 7.69. The second-order valence-corrected chi connectivity index (χ2v) is 4.16. The van der Waals surface area contributed by atoms with Crippen molar-refractivity contribution in [3.8, 4) is 0 Å². The molecule has 0 spiro atoms. The Balaban J connectivity index is 2.50. The van der Waals surface area contributed by atoms with Gasteiger partial charge in [0.05, 0.1) is 11.4 Å². The Kier molecular flexibility index (Phi) is 3.17. The number of nitrogens with zero attached hydrogens (tertiary/aromatic N) is 3. The molecule has 0 aromatic carbocycles. The minimum atomic E-state index is 0.130. The number of rotatable bonds is 4. The average Bonchev–Trinajstić information content (AvgIpc) is 2.56. The molecule has 0 atom stereocenters. The standard InChI is InChI=1S/C12H17N5/c1-3-5-7-8(6-4-2)16-10-9(15-7)11(13)17-12(10)14/h3-6H2,1-2H3,(H3,13,14,17). The van der Waals surface area contributed by atoms with Gasteiger partial charge in [0, 0.05) is 0 Å². The zero-order valence-electron chi connectivity index (χ0n) is 10.2. The van der Waals surface area contributed by atoms with Crippen LogP contribution < -0.4 is 5.73 Å². The molecule has 2 rings (SSSR count). The minimum Gasteiger partial charge on any atom is -0.382 e. The Morgan fingerprint density at radius 3 is 2.06 bits per heavy atom. The normalized spacial score (nSPS) is 13.8. The van der Waals surface area contributed by atoms with Gasteiger partial charge < -0.3 is 5.73 Å². The molecule has 1 aromatic heterocycles. The van der Waals surface area contributed by atoms with E-state index in [1.54, 1.807) is 0 Å². The van der Waals surface area contributed by atoms with Crippen LogP contribution in [0.15, 0.2) is 4.99 Å². The molecular weight excluding hydrogens is 214 g/mol. The summed E-state index contributed by atoms with van der Waals surface area (Å²) in [6.07, 6.45) is 3.84. The number of aliphatic imine (C=N–C) groups is 1. The van der Waals surface area contributed by atoms with Gasteiger partial charge in [-0.25, -0.2) is 15.0 Å². The van der Waals surface area contributed by atoms with Crippen LogP contribution in [-0.2, 0) is 12.8 Å². The summed E-state index contributed by atoms with van der Waals surface area (Å²) in [5, 5.41) is 7.69. The van der Waals surface area contributed by atoms with Crippen molar-refractivity contribution >= 4 is 11.7 Å². The minimum absolute atomic E-state index is 0.130. The molecule has 0 aliphatic carbocycles. The van der Waals surface area contributed by atoms with E-state index in [2.05, 4.69) is 28.8 Å². The molecular formula is C12H17N5. The molecule has 90 valence electrons. The van der Waals surface area contributed by atoms with Crippen molar-refractivity contribution in [3.63, 3.8) is 0 Å². The van der Waals surface area contributed by atoms with Gasteiger partial charge in [-0.1, -0.05) is 26.7 Å². The largest absolute Gasteiger partial charge is 0.382 e. The predicted octanol–water partition coefficient (Wildman–Crippen LogP) is 1.43. The molecule has 0 radical (unpaired) electrons. The van der Waals surface area contributed by atoms with Crippen LogP contribution in [0.4, 0.5) is 0 Å². The van der Waals surface area contributed by atoms with Gasteiger partial charge in [-0.15, -0.1) is 0 Å². The molecule has 17 heavy (non-hydrogen) atoms. The fourth-order valence-corrected chi connectivity index (χ4v) is 1.95. The molecule has 0 amide bonds. The zero-order chi connectivity index (χ0) is 12.4. The second kappa shape index (κ2) is 4.61. The fraction of sp³-hybridized carbons (Fsp3) is 0.500. The lowest BCUT2D eigenvalue weighted by Crippen LogP contribution is -2.16. The number of hydrogen-bond donors (Lipinski definition) is 2. The summed E-state index contributed by atoms with van der Waals surface area (Å²) < 4.78 is 0. The van der Waals surface area contributed by atoms with Crippen molar-refractivity contribution in [2.75, 3.05) is 0 Å². The lowest BCUT2D eigenvalue weighted by atomic mass is 10.1. The Bertz CT molecular complexity index is 490. The van der Waals surface area contributed by atoms with Crippen LogP contribution in [0.3, 0.4) is 0 Å². The highest BCUT2D eigenvalue weighted by atomic mass is 15.0. The van der Waals surface area contributed by atoms with Crippen LogP contribution in [0.1, 0.15) is 49.5 Å². The van der Waals surface area contributed by atoms with E-state index in [4.69, 9.17) is 11.1 Å². The van der Waals surface area contributed by atoms with E-state index < -0.39 is 0 Å². The van der Waals surface area contributed by atoms with E-state index in [9.17, 15) is 0 Å². The zero-order valence-corrected chi connectivity index (χ0v) is 10.2. The first-order chi connectivity index (χ1) is 8.17. The topological polar surface area (TPSA) is 88.0 Å². The van der Waals surface area contributed by atoms with E-state index in [1.807, 2.05) is 0 Å². The molecule has 3 N–H and O–H groups in total. The summed E-state index contributed by atoms with van der Waals surface area (Å²) in [6, 6.07) is 0. The van der Waals surface area contributed by atoms with Crippen LogP contribution in [0.25, 0.3) is 0 Å². The van der Waals surface area contributed by atoms with Crippen molar-refractivity contribution in [1.82, 2.24) is 9.97 Å². The number of amidine groups is 2. The molecule has 1 aromatic rings. The number of nitrogens with two attached hydrogens (primary N) is 1. The van der Waals surface area contributed by atoms with Gasteiger partial charge in [0.2, 0.25) is 0 Å². The van der Waals surface area contributed by atoms with Gasteiger partial charge in [0.25, 0.3) is 0 Å². The van der Waals surface area contributed by atoms with Gasteiger partial charge >= 0.3 is 0 Å². The van der Waals surface area contributed by atoms with E-state index in [1.165, 1.54) is 0 Å². The average molecular weight is 231 g/mol. The number of hydrogen-bond acceptors (Lipinski definition) is 4.